The molecule has 1 aliphatic carbocycles. The molecule has 0 radical (unpaired) electrons. The van der Waals surface area contributed by atoms with Crippen molar-refractivity contribution in [1.29, 1.82) is 0 Å². The second-order valence-electron chi connectivity index (χ2n) is 5.46. The number of nitrogens with one attached hydrogen (secondary N) is 1. The van der Waals surface area contributed by atoms with E-state index in [1.807, 2.05) is 12.3 Å². The van der Waals surface area contributed by atoms with Crippen LogP contribution in [0.1, 0.15) is 38.2 Å². The van der Waals surface area contributed by atoms with Crippen LogP contribution in [0.5, 0.6) is 0 Å². The van der Waals surface area contributed by atoms with Gasteiger partial charge in [0.25, 0.3) is 0 Å². The Morgan fingerprint density at radius 2 is 2.00 bits per heavy atom. The molecule has 0 spiro atoms. The highest BCUT2D eigenvalue weighted by atomic mass is 16.3. The zero-order chi connectivity index (χ0) is 11.9. The maximum Gasteiger partial charge on any atom is 0.0903 e. The largest absolute Gasteiger partial charge is 0.385 e. The van der Waals surface area contributed by atoms with Gasteiger partial charge in [-0.25, -0.2) is 0 Å². The van der Waals surface area contributed by atoms with Crippen molar-refractivity contribution in [2.45, 2.75) is 38.2 Å². The molecular formula is C15H19NO. The molecule has 1 aromatic carbocycles. The molecule has 0 aliphatic heterocycles. The van der Waals surface area contributed by atoms with Crippen molar-refractivity contribution in [3.05, 3.63) is 36.0 Å². The molecule has 0 saturated heterocycles. The second-order valence-corrected chi connectivity index (χ2v) is 5.46. The van der Waals surface area contributed by atoms with E-state index >= 15 is 0 Å². The molecule has 0 amide bonds. The van der Waals surface area contributed by atoms with Crippen molar-refractivity contribution < 1.29 is 5.11 Å². The van der Waals surface area contributed by atoms with Crippen LogP contribution in [0.15, 0.2) is 30.5 Å². The molecular weight excluding hydrogens is 210 g/mol. The first-order valence-electron chi connectivity index (χ1n) is 6.48. The van der Waals surface area contributed by atoms with E-state index in [0.717, 1.165) is 42.7 Å². The zero-order valence-corrected chi connectivity index (χ0v) is 10.2. The van der Waals surface area contributed by atoms with Crippen molar-refractivity contribution in [1.82, 2.24) is 4.98 Å². The van der Waals surface area contributed by atoms with Gasteiger partial charge in [-0.2, -0.15) is 0 Å². The Morgan fingerprint density at radius 1 is 1.24 bits per heavy atom. The lowest BCUT2D eigenvalue weighted by molar-refractivity contribution is -0.0106. The van der Waals surface area contributed by atoms with Gasteiger partial charge in [0.1, 0.15) is 0 Å². The number of aromatic amines is 1. The first-order chi connectivity index (χ1) is 8.19. The van der Waals surface area contributed by atoms with Gasteiger partial charge in [0.2, 0.25) is 0 Å². The second kappa shape index (κ2) is 3.88. The van der Waals surface area contributed by atoms with E-state index in [4.69, 9.17) is 0 Å². The van der Waals surface area contributed by atoms with E-state index in [-0.39, 0.29) is 0 Å². The Kier molecular flexibility index (Phi) is 2.48. The van der Waals surface area contributed by atoms with Crippen LogP contribution in [0.3, 0.4) is 0 Å². The third-order valence-electron chi connectivity index (χ3n) is 4.20. The molecule has 1 fully saturated rings. The van der Waals surface area contributed by atoms with E-state index in [2.05, 4.69) is 30.1 Å². The lowest BCUT2D eigenvalue weighted by Crippen LogP contribution is -2.30. The normalized spacial score (nSPS) is 29.6. The molecule has 1 aromatic heterocycles. The van der Waals surface area contributed by atoms with Gasteiger partial charge in [-0.15, -0.1) is 0 Å². The highest BCUT2D eigenvalue weighted by Gasteiger charge is 2.34. The minimum Gasteiger partial charge on any atom is -0.385 e. The minimum atomic E-state index is -0.617. The van der Waals surface area contributed by atoms with Crippen molar-refractivity contribution in [2.75, 3.05) is 0 Å². The first kappa shape index (κ1) is 10.8. The molecule has 0 atom stereocenters. The van der Waals surface area contributed by atoms with E-state index in [1.54, 1.807) is 0 Å². The predicted octanol–water partition coefficient (Wildman–Crippen LogP) is 3.57. The molecule has 2 nitrogen and oxygen atoms in total. The Bertz CT molecular complexity index is 520. The summed E-state index contributed by atoms with van der Waals surface area (Å²) in [5.41, 5.74) is 1.60. The van der Waals surface area contributed by atoms with Gasteiger partial charge in [0.05, 0.1) is 5.60 Å². The summed E-state index contributed by atoms with van der Waals surface area (Å²) in [6.07, 6.45) is 5.97. The number of H-pyrrole nitrogens is 1. The standard InChI is InChI=1S/C15H19NO/c1-11-5-8-15(17,9-6-11)13-3-2-4-14-12(13)7-10-16-14/h2-4,7,10-11,16-17H,5-6,8-9H2,1H3. The summed E-state index contributed by atoms with van der Waals surface area (Å²) in [6.45, 7) is 2.27. The SMILES string of the molecule is CC1CCC(O)(c2cccc3[nH]ccc23)CC1. The summed E-state index contributed by atoms with van der Waals surface area (Å²) in [6, 6.07) is 8.24. The van der Waals surface area contributed by atoms with Crippen LogP contribution in [0.4, 0.5) is 0 Å². The van der Waals surface area contributed by atoms with E-state index in [9.17, 15) is 5.11 Å². The number of rotatable bonds is 1. The molecule has 0 bridgehead atoms. The van der Waals surface area contributed by atoms with Gasteiger partial charge in [-0.1, -0.05) is 19.1 Å². The van der Waals surface area contributed by atoms with Gasteiger partial charge in [-0.3, -0.25) is 0 Å². The lowest BCUT2D eigenvalue weighted by Gasteiger charge is -2.35. The first-order valence-corrected chi connectivity index (χ1v) is 6.48. The molecule has 2 heteroatoms. The van der Waals surface area contributed by atoms with Crippen molar-refractivity contribution >= 4 is 10.9 Å². The summed E-state index contributed by atoms with van der Waals surface area (Å²) in [5, 5.41) is 12.0. The average Bonchev–Trinajstić information content (AvgIpc) is 2.81. The summed E-state index contributed by atoms with van der Waals surface area (Å²) in [7, 11) is 0. The number of fused-ring (bicyclic) bond motifs is 1. The van der Waals surface area contributed by atoms with Crippen LogP contribution in [-0.4, -0.2) is 10.1 Å². The fourth-order valence-electron chi connectivity index (χ4n) is 3.00. The molecule has 0 unspecified atom stereocenters. The fraction of sp³-hybridized carbons (Fsp3) is 0.467. The smallest absolute Gasteiger partial charge is 0.0903 e. The van der Waals surface area contributed by atoms with Gasteiger partial charge in [-0.05, 0) is 49.3 Å². The van der Waals surface area contributed by atoms with Crippen molar-refractivity contribution in [3.8, 4) is 0 Å². The molecule has 1 aliphatic rings. The Labute approximate surface area is 102 Å². The van der Waals surface area contributed by atoms with Crippen LogP contribution < -0.4 is 0 Å². The molecule has 1 saturated carbocycles. The molecule has 17 heavy (non-hydrogen) atoms. The van der Waals surface area contributed by atoms with Crippen molar-refractivity contribution in [2.24, 2.45) is 5.92 Å². The van der Waals surface area contributed by atoms with Gasteiger partial charge in [0.15, 0.2) is 0 Å². The van der Waals surface area contributed by atoms with Gasteiger partial charge >= 0.3 is 0 Å². The van der Waals surface area contributed by atoms with Crippen LogP contribution in [0, 0.1) is 5.92 Å². The quantitative estimate of drug-likeness (QED) is 0.770. The Morgan fingerprint density at radius 3 is 2.76 bits per heavy atom. The summed E-state index contributed by atoms with van der Waals surface area (Å²) < 4.78 is 0. The van der Waals surface area contributed by atoms with E-state index in [1.165, 1.54) is 5.39 Å². The minimum absolute atomic E-state index is 0.617. The van der Waals surface area contributed by atoms with Crippen LogP contribution >= 0.6 is 0 Å². The van der Waals surface area contributed by atoms with Crippen LogP contribution in [-0.2, 0) is 5.60 Å². The average molecular weight is 229 g/mol. The maximum absolute atomic E-state index is 10.9. The number of aliphatic hydroxyl groups is 1. The highest BCUT2D eigenvalue weighted by Crippen LogP contribution is 2.41. The van der Waals surface area contributed by atoms with Crippen LogP contribution in [0.2, 0.25) is 0 Å². The molecule has 90 valence electrons. The zero-order valence-electron chi connectivity index (χ0n) is 10.2. The monoisotopic (exact) mass is 229 g/mol. The fourth-order valence-corrected chi connectivity index (χ4v) is 3.00. The predicted molar refractivity (Wildman–Crippen MR) is 69.8 cm³/mol. The lowest BCUT2D eigenvalue weighted by atomic mass is 9.75. The topological polar surface area (TPSA) is 36.0 Å². The molecule has 2 N–H and O–H groups in total. The van der Waals surface area contributed by atoms with Crippen LogP contribution in [0.25, 0.3) is 10.9 Å². The maximum atomic E-state index is 10.9. The number of benzene rings is 1. The van der Waals surface area contributed by atoms with Crippen molar-refractivity contribution in [3.63, 3.8) is 0 Å². The van der Waals surface area contributed by atoms with E-state index in [0.29, 0.717) is 0 Å². The summed E-state index contributed by atoms with van der Waals surface area (Å²) in [5.74, 6) is 0.751. The Hall–Kier alpha value is -1.28. The summed E-state index contributed by atoms with van der Waals surface area (Å²) in [4.78, 5) is 3.21. The number of hydrogen-bond donors (Lipinski definition) is 2. The number of hydrogen-bond acceptors (Lipinski definition) is 1. The third-order valence-corrected chi connectivity index (χ3v) is 4.20. The van der Waals surface area contributed by atoms with Gasteiger partial charge in [0, 0.05) is 17.1 Å². The van der Waals surface area contributed by atoms with E-state index < -0.39 is 5.60 Å². The molecule has 1 heterocycles. The third kappa shape index (κ3) is 1.77. The molecule has 3 rings (SSSR count). The molecule has 2 aromatic rings. The van der Waals surface area contributed by atoms with Gasteiger partial charge < -0.3 is 10.1 Å². The Balaban J connectivity index is 2.05. The number of aromatic nitrogens is 1. The summed E-state index contributed by atoms with van der Waals surface area (Å²) >= 11 is 0. The highest BCUT2D eigenvalue weighted by molar-refractivity contribution is 5.83.